The number of hydrogen-bond donors (Lipinski definition) is 2. The van der Waals surface area contributed by atoms with E-state index in [0.29, 0.717) is 15.7 Å². The Hall–Kier alpha value is -1.52. The minimum atomic E-state index is -0.695. The lowest BCUT2D eigenvalue weighted by Crippen LogP contribution is -2.11. The van der Waals surface area contributed by atoms with E-state index in [1.165, 1.54) is 18.2 Å². The smallest absolute Gasteiger partial charge is 0.248 e. The highest BCUT2D eigenvalue weighted by Gasteiger charge is 2.01. The lowest BCUT2D eigenvalue weighted by atomic mass is 10.3. The molecule has 1 rings (SSSR count). The van der Waals surface area contributed by atoms with Gasteiger partial charge in [0.25, 0.3) is 0 Å². The van der Waals surface area contributed by atoms with Crippen molar-refractivity contribution in [3.05, 3.63) is 40.4 Å². The van der Waals surface area contributed by atoms with E-state index in [2.05, 4.69) is 5.32 Å². The van der Waals surface area contributed by atoms with E-state index < -0.39 is 11.8 Å². The van der Waals surface area contributed by atoms with E-state index in [1.54, 1.807) is 0 Å². The Morgan fingerprint density at radius 2 is 1.69 bits per heavy atom. The largest absolute Gasteiger partial charge is 0.366 e. The topological polar surface area (TPSA) is 72.2 Å². The summed E-state index contributed by atoms with van der Waals surface area (Å²) in [5, 5.41) is 3.29. The standard InChI is InChI=1S/C10H8Cl2N2O2/c11-6-3-7(12)5-8(4-6)14-10(16)2-1-9(13)15/h1-5H,(H2,13,15)(H,14,16). The fourth-order valence-electron chi connectivity index (χ4n) is 0.968. The molecule has 0 fully saturated rings. The SMILES string of the molecule is NC(=O)C=CC(=O)Nc1cc(Cl)cc(Cl)c1. The van der Waals surface area contributed by atoms with Crippen molar-refractivity contribution in [2.45, 2.75) is 0 Å². The molecule has 0 spiro atoms. The second-order valence-electron chi connectivity index (χ2n) is 2.88. The second-order valence-corrected chi connectivity index (χ2v) is 3.76. The second kappa shape index (κ2) is 5.53. The third-order valence-electron chi connectivity index (χ3n) is 1.53. The predicted molar refractivity (Wildman–Crippen MR) is 63.4 cm³/mol. The Labute approximate surface area is 102 Å². The maximum absolute atomic E-state index is 11.2. The van der Waals surface area contributed by atoms with E-state index in [-0.39, 0.29) is 0 Å². The maximum atomic E-state index is 11.2. The molecule has 0 aromatic heterocycles. The van der Waals surface area contributed by atoms with Gasteiger partial charge in [-0.05, 0) is 18.2 Å². The van der Waals surface area contributed by atoms with Gasteiger partial charge < -0.3 is 11.1 Å². The van der Waals surface area contributed by atoms with Gasteiger partial charge in [-0.15, -0.1) is 0 Å². The summed E-state index contributed by atoms with van der Waals surface area (Å²) in [5.41, 5.74) is 5.28. The minimum absolute atomic E-state index is 0.404. The Balaban J connectivity index is 2.73. The molecule has 1 aromatic carbocycles. The van der Waals surface area contributed by atoms with E-state index in [0.717, 1.165) is 12.2 Å². The zero-order chi connectivity index (χ0) is 12.1. The van der Waals surface area contributed by atoms with Crippen molar-refractivity contribution in [2.24, 2.45) is 5.73 Å². The Morgan fingerprint density at radius 1 is 1.12 bits per heavy atom. The highest BCUT2D eigenvalue weighted by molar-refractivity contribution is 6.35. The van der Waals surface area contributed by atoms with Crippen LogP contribution in [0.3, 0.4) is 0 Å². The van der Waals surface area contributed by atoms with Crippen molar-refractivity contribution in [1.29, 1.82) is 0 Å². The van der Waals surface area contributed by atoms with Crippen molar-refractivity contribution < 1.29 is 9.59 Å². The average Bonchev–Trinajstić information content (AvgIpc) is 2.12. The molecule has 0 unspecified atom stereocenters. The van der Waals surface area contributed by atoms with Gasteiger partial charge in [0.2, 0.25) is 11.8 Å². The molecule has 84 valence electrons. The summed E-state index contributed by atoms with van der Waals surface area (Å²) in [6.07, 6.45) is 1.98. The van der Waals surface area contributed by atoms with Gasteiger partial charge >= 0.3 is 0 Å². The van der Waals surface area contributed by atoms with Gasteiger partial charge in [-0.3, -0.25) is 9.59 Å². The number of hydrogen-bond acceptors (Lipinski definition) is 2. The maximum Gasteiger partial charge on any atom is 0.248 e. The van der Waals surface area contributed by atoms with Crippen LogP contribution < -0.4 is 11.1 Å². The van der Waals surface area contributed by atoms with Crippen LogP contribution in [0.2, 0.25) is 10.0 Å². The van der Waals surface area contributed by atoms with Gasteiger partial charge in [0.05, 0.1) is 0 Å². The summed E-state index contributed by atoms with van der Waals surface area (Å²) in [4.78, 5) is 21.6. The number of carbonyl (C=O) groups excluding carboxylic acids is 2. The summed E-state index contributed by atoms with van der Waals surface area (Å²) in [6.45, 7) is 0. The van der Waals surface area contributed by atoms with Crippen LogP contribution in [-0.2, 0) is 9.59 Å². The number of nitrogens with two attached hydrogens (primary N) is 1. The number of rotatable bonds is 3. The van der Waals surface area contributed by atoms with Crippen LogP contribution in [-0.4, -0.2) is 11.8 Å². The minimum Gasteiger partial charge on any atom is -0.366 e. The van der Waals surface area contributed by atoms with Crippen LogP contribution in [0.4, 0.5) is 5.69 Å². The molecule has 0 atom stereocenters. The first kappa shape index (κ1) is 12.5. The van der Waals surface area contributed by atoms with Crippen LogP contribution in [0.25, 0.3) is 0 Å². The van der Waals surface area contributed by atoms with E-state index >= 15 is 0 Å². The third-order valence-corrected chi connectivity index (χ3v) is 1.97. The summed E-state index contributed by atoms with van der Waals surface area (Å²) >= 11 is 11.5. The van der Waals surface area contributed by atoms with Crippen molar-refractivity contribution in [3.63, 3.8) is 0 Å². The summed E-state index contributed by atoms with van der Waals surface area (Å²) in [7, 11) is 0. The predicted octanol–water partition coefficient (Wildman–Crippen LogP) is 1.97. The van der Waals surface area contributed by atoms with Gasteiger partial charge in [0.1, 0.15) is 0 Å². The molecular formula is C10H8Cl2N2O2. The van der Waals surface area contributed by atoms with Gasteiger partial charge in [0, 0.05) is 27.9 Å². The zero-order valence-corrected chi connectivity index (χ0v) is 9.55. The lowest BCUT2D eigenvalue weighted by molar-refractivity contribution is -0.115. The molecule has 0 radical (unpaired) electrons. The first-order chi connectivity index (χ1) is 7.47. The molecule has 4 nitrogen and oxygen atoms in total. The molecule has 16 heavy (non-hydrogen) atoms. The van der Waals surface area contributed by atoms with Gasteiger partial charge in [-0.25, -0.2) is 0 Å². The molecule has 2 amide bonds. The van der Waals surface area contributed by atoms with E-state index in [9.17, 15) is 9.59 Å². The molecule has 0 saturated carbocycles. The highest BCUT2D eigenvalue weighted by atomic mass is 35.5. The number of carbonyl (C=O) groups is 2. The Morgan fingerprint density at radius 3 is 2.19 bits per heavy atom. The molecular weight excluding hydrogens is 251 g/mol. The zero-order valence-electron chi connectivity index (χ0n) is 8.04. The molecule has 0 heterocycles. The summed E-state index contributed by atoms with van der Waals surface area (Å²) < 4.78 is 0. The molecule has 0 bridgehead atoms. The molecule has 0 aliphatic heterocycles. The monoisotopic (exact) mass is 258 g/mol. The summed E-state index contributed by atoms with van der Waals surface area (Å²) in [5.74, 6) is -1.18. The van der Waals surface area contributed by atoms with Crippen LogP contribution in [0, 0.1) is 0 Å². The lowest BCUT2D eigenvalue weighted by Gasteiger charge is -2.03. The Kier molecular flexibility index (Phi) is 4.34. The molecule has 0 aliphatic rings. The molecule has 3 N–H and O–H groups in total. The van der Waals surface area contributed by atoms with Gasteiger partial charge in [0.15, 0.2) is 0 Å². The Bertz CT molecular complexity index is 438. The number of primary amides is 1. The number of halogens is 2. The molecule has 1 aromatic rings. The van der Waals surface area contributed by atoms with E-state index in [1.807, 2.05) is 0 Å². The summed E-state index contributed by atoms with van der Waals surface area (Å²) in [6, 6.07) is 4.60. The normalized spacial score (nSPS) is 10.4. The highest BCUT2D eigenvalue weighted by Crippen LogP contribution is 2.22. The van der Waals surface area contributed by atoms with Crippen LogP contribution in [0.1, 0.15) is 0 Å². The number of anilines is 1. The van der Waals surface area contributed by atoms with Crippen molar-refractivity contribution in [1.82, 2.24) is 0 Å². The number of nitrogens with one attached hydrogen (secondary N) is 1. The van der Waals surface area contributed by atoms with Crippen LogP contribution in [0.5, 0.6) is 0 Å². The first-order valence-electron chi connectivity index (χ1n) is 4.22. The molecule has 6 heteroatoms. The quantitative estimate of drug-likeness (QED) is 0.814. The van der Waals surface area contributed by atoms with Gasteiger partial charge in [-0.1, -0.05) is 23.2 Å². The van der Waals surface area contributed by atoms with Crippen LogP contribution >= 0.6 is 23.2 Å². The fourth-order valence-corrected chi connectivity index (χ4v) is 1.49. The number of benzene rings is 1. The molecule has 0 aliphatic carbocycles. The number of amides is 2. The first-order valence-corrected chi connectivity index (χ1v) is 4.97. The third kappa shape index (κ3) is 4.33. The van der Waals surface area contributed by atoms with Crippen LogP contribution in [0.15, 0.2) is 30.4 Å². The van der Waals surface area contributed by atoms with E-state index in [4.69, 9.17) is 28.9 Å². The average molecular weight is 259 g/mol. The van der Waals surface area contributed by atoms with Crippen molar-refractivity contribution in [3.8, 4) is 0 Å². The molecule has 0 saturated heterocycles. The van der Waals surface area contributed by atoms with Crippen molar-refractivity contribution >= 4 is 40.7 Å². The van der Waals surface area contributed by atoms with Gasteiger partial charge in [-0.2, -0.15) is 0 Å². The van der Waals surface area contributed by atoms with Crippen molar-refractivity contribution in [2.75, 3.05) is 5.32 Å². The fraction of sp³-hybridized carbons (Fsp3) is 0.